The van der Waals surface area contributed by atoms with E-state index in [0.717, 1.165) is 38.3 Å². The van der Waals surface area contributed by atoms with Gasteiger partial charge in [-0.3, -0.25) is 0 Å². The summed E-state index contributed by atoms with van der Waals surface area (Å²) in [6, 6.07) is 8.72. The zero-order chi connectivity index (χ0) is 14.9. The van der Waals surface area contributed by atoms with Gasteiger partial charge in [0.2, 0.25) is 0 Å². The molecule has 21 heavy (non-hydrogen) atoms. The van der Waals surface area contributed by atoms with Crippen LogP contribution in [0, 0.1) is 0 Å². The van der Waals surface area contributed by atoms with Gasteiger partial charge >= 0.3 is 0 Å². The first-order valence-electron chi connectivity index (χ1n) is 8.41. The number of hydrogen-bond donors (Lipinski definition) is 1. The largest absolute Gasteiger partial charge is 0.493 e. The maximum Gasteiger partial charge on any atom is 0.124 e. The van der Waals surface area contributed by atoms with Crippen molar-refractivity contribution in [1.82, 2.24) is 5.32 Å². The Labute approximate surface area is 129 Å². The summed E-state index contributed by atoms with van der Waals surface area (Å²) in [7, 11) is 0. The van der Waals surface area contributed by atoms with Gasteiger partial charge in [-0.25, -0.2) is 0 Å². The first kappa shape index (κ1) is 16.3. The number of ether oxygens (including phenoxy) is 2. The van der Waals surface area contributed by atoms with E-state index in [4.69, 9.17) is 9.47 Å². The molecule has 0 spiro atoms. The summed E-state index contributed by atoms with van der Waals surface area (Å²) in [6.45, 7) is 6.94. The normalized spacial score (nSPS) is 20.2. The standard InChI is InChI=1S/C18H29NO2/c1-3-12-21-18-11-6-5-10-16(18)17(19-4-2)14-15-9-7-8-13-20-15/h5-6,10-11,15,17,19H,3-4,7-9,12-14H2,1-2H3. The van der Waals surface area contributed by atoms with Crippen LogP contribution in [0.15, 0.2) is 24.3 Å². The van der Waals surface area contributed by atoms with Gasteiger partial charge in [-0.05, 0) is 44.7 Å². The van der Waals surface area contributed by atoms with Crippen molar-refractivity contribution in [2.24, 2.45) is 0 Å². The molecule has 1 N–H and O–H groups in total. The van der Waals surface area contributed by atoms with Gasteiger partial charge in [-0.2, -0.15) is 0 Å². The Morgan fingerprint density at radius 2 is 2.14 bits per heavy atom. The highest BCUT2D eigenvalue weighted by molar-refractivity contribution is 5.36. The van der Waals surface area contributed by atoms with Gasteiger partial charge in [0.25, 0.3) is 0 Å². The van der Waals surface area contributed by atoms with E-state index in [0.29, 0.717) is 12.1 Å². The molecule has 0 aliphatic carbocycles. The molecule has 2 unspecified atom stereocenters. The molecule has 1 saturated heterocycles. The van der Waals surface area contributed by atoms with Crippen molar-refractivity contribution in [3.8, 4) is 5.75 Å². The van der Waals surface area contributed by atoms with Crippen molar-refractivity contribution in [3.63, 3.8) is 0 Å². The molecule has 118 valence electrons. The van der Waals surface area contributed by atoms with E-state index in [1.165, 1.54) is 24.8 Å². The molecule has 1 aliphatic heterocycles. The fourth-order valence-corrected chi connectivity index (χ4v) is 2.93. The van der Waals surface area contributed by atoms with Gasteiger partial charge in [0.05, 0.1) is 12.7 Å². The molecule has 0 bridgehead atoms. The van der Waals surface area contributed by atoms with E-state index < -0.39 is 0 Å². The van der Waals surface area contributed by atoms with E-state index in [-0.39, 0.29) is 0 Å². The van der Waals surface area contributed by atoms with Gasteiger partial charge in [0, 0.05) is 18.2 Å². The van der Waals surface area contributed by atoms with Crippen LogP contribution in [0.25, 0.3) is 0 Å². The van der Waals surface area contributed by atoms with Crippen LogP contribution < -0.4 is 10.1 Å². The minimum absolute atomic E-state index is 0.311. The Kier molecular flexibility index (Phi) is 7.04. The lowest BCUT2D eigenvalue weighted by Gasteiger charge is -2.28. The number of nitrogens with one attached hydrogen (secondary N) is 1. The van der Waals surface area contributed by atoms with E-state index in [9.17, 15) is 0 Å². The quantitative estimate of drug-likeness (QED) is 0.782. The lowest BCUT2D eigenvalue weighted by Crippen LogP contribution is -2.29. The van der Waals surface area contributed by atoms with Gasteiger partial charge in [-0.15, -0.1) is 0 Å². The van der Waals surface area contributed by atoms with Crippen LogP contribution in [0.5, 0.6) is 5.75 Å². The van der Waals surface area contributed by atoms with Gasteiger partial charge in [0.1, 0.15) is 5.75 Å². The lowest BCUT2D eigenvalue weighted by atomic mass is 9.96. The summed E-state index contributed by atoms with van der Waals surface area (Å²) in [5.74, 6) is 1.01. The van der Waals surface area contributed by atoms with Crippen molar-refractivity contribution in [2.75, 3.05) is 19.8 Å². The molecule has 3 heteroatoms. The summed E-state index contributed by atoms with van der Waals surface area (Å²) < 4.78 is 11.8. The second-order valence-corrected chi connectivity index (χ2v) is 5.72. The highest BCUT2D eigenvalue weighted by Crippen LogP contribution is 2.31. The average Bonchev–Trinajstić information content (AvgIpc) is 2.54. The third-order valence-corrected chi connectivity index (χ3v) is 3.98. The minimum Gasteiger partial charge on any atom is -0.493 e. The fraction of sp³-hybridized carbons (Fsp3) is 0.667. The summed E-state index contributed by atoms with van der Waals surface area (Å²) in [6.07, 6.45) is 6.12. The Morgan fingerprint density at radius 1 is 1.29 bits per heavy atom. The topological polar surface area (TPSA) is 30.5 Å². The first-order chi connectivity index (χ1) is 10.3. The zero-order valence-corrected chi connectivity index (χ0v) is 13.4. The molecule has 2 rings (SSSR count). The van der Waals surface area contributed by atoms with E-state index in [2.05, 4.69) is 43.4 Å². The Balaban J connectivity index is 2.08. The second-order valence-electron chi connectivity index (χ2n) is 5.72. The average molecular weight is 291 g/mol. The predicted octanol–water partition coefficient (Wildman–Crippen LogP) is 4.09. The molecular formula is C18H29NO2. The molecule has 1 aliphatic rings. The van der Waals surface area contributed by atoms with Gasteiger partial charge in [0.15, 0.2) is 0 Å². The van der Waals surface area contributed by atoms with Crippen LogP contribution >= 0.6 is 0 Å². The third kappa shape index (κ3) is 5.01. The van der Waals surface area contributed by atoms with Crippen molar-refractivity contribution in [3.05, 3.63) is 29.8 Å². The summed E-state index contributed by atoms with van der Waals surface area (Å²) >= 11 is 0. The predicted molar refractivity (Wildman–Crippen MR) is 86.9 cm³/mol. The molecule has 3 nitrogen and oxygen atoms in total. The monoisotopic (exact) mass is 291 g/mol. The molecule has 0 radical (unpaired) electrons. The summed E-state index contributed by atoms with van der Waals surface area (Å²) in [5, 5.41) is 3.60. The maximum atomic E-state index is 5.92. The number of benzene rings is 1. The molecule has 2 atom stereocenters. The Bertz CT molecular complexity index is 402. The zero-order valence-electron chi connectivity index (χ0n) is 13.4. The first-order valence-corrected chi connectivity index (χ1v) is 8.41. The Morgan fingerprint density at radius 3 is 2.86 bits per heavy atom. The summed E-state index contributed by atoms with van der Waals surface area (Å²) in [5.41, 5.74) is 1.27. The lowest BCUT2D eigenvalue weighted by molar-refractivity contribution is 0.00499. The summed E-state index contributed by atoms with van der Waals surface area (Å²) in [4.78, 5) is 0. The van der Waals surface area contributed by atoms with Crippen molar-refractivity contribution < 1.29 is 9.47 Å². The van der Waals surface area contributed by atoms with E-state index >= 15 is 0 Å². The van der Waals surface area contributed by atoms with Crippen LogP contribution in [-0.4, -0.2) is 25.9 Å². The van der Waals surface area contributed by atoms with Crippen LogP contribution in [0.4, 0.5) is 0 Å². The van der Waals surface area contributed by atoms with Crippen LogP contribution in [-0.2, 0) is 4.74 Å². The second kappa shape index (κ2) is 9.06. The fourth-order valence-electron chi connectivity index (χ4n) is 2.93. The van der Waals surface area contributed by atoms with Crippen molar-refractivity contribution >= 4 is 0 Å². The van der Waals surface area contributed by atoms with Crippen molar-refractivity contribution in [2.45, 2.75) is 58.1 Å². The SMILES string of the molecule is CCCOc1ccccc1C(CC1CCCCO1)NCC. The highest BCUT2D eigenvalue weighted by Gasteiger charge is 2.22. The molecule has 0 saturated carbocycles. The minimum atomic E-state index is 0.311. The van der Waals surface area contributed by atoms with Crippen molar-refractivity contribution in [1.29, 1.82) is 0 Å². The van der Waals surface area contributed by atoms with E-state index in [1.807, 2.05) is 0 Å². The molecule has 1 aromatic rings. The van der Waals surface area contributed by atoms with Gasteiger partial charge in [-0.1, -0.05) is 32.0 Å². The van der Waals surface area contributed by atoms with Crippen LogP contribution in [0.3, 0.4) is 0 Å². The smallest absolute Gasteiger partial charge is 0.124 e. The molecular weight excluding hydrogens is 262 g/mol. The molecule has 1 aromatic carbocycles. The molecule has 1 fully saturated rings. The molecule has 1 heterocycles. The number of para-hydroxylation sites is 1. The maximum absolute atomic E-state index is 5.92. The number of rotatable bonds is 8. The molecule has 0 aromatic heterocycles. The van der Waals surface area contributed by atoms with Gasteiger partial charge < -0.3 is 14.8 Å². The molecule has 0 amide bonds. The number of hydrogen-bond acceptors (Lipinski definition) is 3. The van der Waals surface area contributed by atoms with E-state index in [1.54, 1.807) is 0 Å². The van der Waals surface area contributed by atoms with Crippen LogP contribution in [0.2, 0.25) is 0 Å². The highest BCUT2D eigenvalue weighted by atomic mass is 16.5. The Hall–Kier alpha value is -1.06. The van der Waals surface area contributed by atoms with Crippen LogP contribution in [0.1, 0.15) is 57.6 Å². The third-order valence-electron chi connectivity index (χ3n) is 3.98.